The monoisotopic (exact) mass is 911 g/mol. The van der Waals surface area contributed by atoms with Crippen molar-refractivity contribution in [3.05, 3.63) is 66.2 Å². The zero-order valence-corrected chi connectivity index (χ0v) is 40.7. The van der Waals surface area contributed by atoms with Gasteiger partial charge >= 0.3 is 11.9 Å². The molecule has 0 amide bonds. The van der Waals surface area contributed by atoms with Crippen LogP contribution in [-0.2, 0) is 33.3 Å². The number of hydrogen-bond acceptors (Lipinski definition) is 15. The Balaban J connectivity index is 1.40. The molecule has 0 saturated carbocycles. The van der Waals surface area contributed by atoms with Crippen molar-refractivity contribution >= 4 is 23.3 Å². The van der Waals surface area contributed by atoms with Gasteiger partial charge in [-0.05, 0) is 90.2 Å². The molecule has 0 bridgehead atoms. The van der Waals surface area contributed by atoms with Gasteiger partial charge in [0.15, 0.2) is 12.4 Å². The van der Waals surface area contributed by atoms with Gasteiger partial charge in [-0.25, -0.2) is 4.79 Å². The maximum Gasteiger partial charge on any atom is 0.338 e. The number of esters is 2. The highest BCUT2D eigenvalue weighted by Crippen LogP contribution is 2.40. The first-order valence-electron chi connectivity index (χ1n) is 23.6. The van der Waals surface area contributed by atoms with Crippen molar-refractivity contribution < 1.29 is 53.4 Å². The lowest BCUT2D eigenvalue weighted by molar-refractivity contribution is -0.296. The molecule has 364 valence electrons. The van der Waals surface area contributed by atoms with Crippen LogP contribution in [0, 0.1) is 29.6 Å². The second-order valence-corrected chi connectivity index (χ2v) is 19.5. The van der Waals surface area contributed by atoms with Crippen LogP contribution < -0.4 is 4.90 Å². The SMILES string of the molecule is CC[C@H]1OC(=O)[C@H](C)[C@@H](C)[C@H](C)[C@H](OC2O[C@H](C)C[C@H](N(C)C)[C@@H]2OC(=O)c2ccccc2)C(C)(O)C[C@H](C)C(=NOCOCCN2CCN(c3ccccc3)CC2)[C@@H](C)[C@H](O)C1(C)O. The van der Waals surface area contributed by atoms with E-state index in [4.69, 9.17) is 28.5 Å². The van der Waals surface area contributed by atoms with E-state index in [1.54, 1.807) is 52.0 Å². The van der Waals surface area contributed by atoms with E-state index in [1.807, 2.05) is 58.8 Å². The number of likely N-dealkylation sites (N-methyl/N-ethyl adjacent to an activating group) is 1. The first-order chi connectivity index (χ1) is 30.8. The molecule has 3 N–H and O–H groups in total. The number of hydrogen-bond donors (Lipinski definition) is 3. The molecule has 0 aliphatic carbocycles. The van der Waals surface area contributed by atoms with E-state index < -0.39 is 83.4 Å². The average Bonchev–Trinajstić information content (AvgIpc) is 3.29. The summed E-state index contributed by atoms with van der Waals surface area (Å²) in [6, 6.07) is 18.8. The molecule has 3 aliphatic heterocycles. The van der Waals surface area contributed by atoms with Crippen LogP contribution in [0.25, 0.3) is 0 Å². The smallest absolute Gasteiger partial charge is 0.338 e. The summed E-state index contributed by atoms with van der Waals surface area (Å²) in [5, 5.41) is 41.2. The number of anilines is 1. The highest BCUT2D eigenvalue weighted by molar-refractivity contribution is 5.89. The number of para-hydroxylation sites is 1. The number of rotatable bonds is 13. The van der Waals surface area contributed by atoms with Crippen molar-refractivity contribution in [2.24, 2.45) is 34.7 Å². The Hall–Kier alpha value is -3.67. The predicted molar refractivity (Wildman–Crippen MR) is 249 cm³/mol. The first kappa shape index (κ1) is 52.3. The van der Waals surface area contributed by atoms with Gasteiger partial charge in [-0.15, -0.1) is 0 Å². The molecule has 2 aromatic carbocycles. The molecule has 65 heavy (non-hydrogen) atoms. The number of benzene rings is 2. The molecule has 0 spiro atoms. The Morgan fingerprint density at radius 3 is 2.15 bits per heavy atom. The average molecular weight is 911 g/mol. The predicted octanol–water partition coefficient (Wildman–Crippen LogP) is 5.60. The second kappa shape index (κ2) is 23.4. The fourth-order valence-corrected chi connectivity index (χ4v) is 9.90. The lowest BCUT2D eigenvalue weighted by Gasteiger charge is -2.48. The van der Waals surface area contributed by atoms with Gasteiger partial charge < -0.3 is 53.6 Å². The van der Waals surface area contributed by atoms with Crippen LogP contribution in [-0.4, -0.2) is 157 Å². The molecule has 0 radical (unpaired) electrons. The van der Waals surface area contributed by atoms with E-state index in [2.05, 4.69) is 39.2 Å². The lowest BCUT2D eigenvalue weighted by atomic mass is 9.72. The van der Waals surface area contributed by atoms with Gasteiger partial charge in [0.25, 0.3) is 0 Å². The minimum Gasteiger partial charge on any atom is -0.459 e. The maximum atomic E-state index is 14.0. The molecular weight excluding hydrogens is 833 g/mol. The standard InChI is InChI=1S/C50H78N4O11/c1-12-41-50(9,59)44(55)37(7)42(51-61-31-60-28-27-53-23-25-54(26-24-53)39-21-17-14-18-22-39)32(2)30-49(8,58)45(35(5)34(4)36(6)46(56)63-41)65-48-43(40(52(10)11)29-33(3)62-48)64-47(57)38-19-15-13-16-20-38/h13-22,32-37,40-41,43-45,48,55,58-59H,12,23-31H2,1-11H3/t32-,33+,34-,35-,36+,37+,40-,41+,43-,44-,45-,48?,49?,50?/m0/s1. The van der Waals surface area contributed by atoms with Crippen molar-refractivity contribution in [1.29, 1.82) is 0 Å². The minimum absolute atomic E-state index is 0.0653. The molecule has 3 heterocycles. The maximum absolute atomic E-state index is 14.0. The van der Waals surface area contributed by atoms with Crippen LogP contribution in [0.15, 0.2) is 65.8 Å². The number of carbonyl (C=O) groups excluding carboxylic acids is 2. The van der Waals surface area contributed by atoms with Gasteiger partial charge in [-0.3, -0.25) is 9.69 Å². The number of aliphatic hydroxyl groups excluding tert-OH is 1. The molecule has 0 aromatic heterocycles. The second-order valence-electron chi connectivity index (χ2n) is 19.5. The number of carbonyl (C=O) groups is 2. The van der Waals surface area contributed by atoms with Crippen LogP contribution in [0.4, 0.5) is 5.69 Å². The largest absolute Gasteiger partial charge is 0.459 e. The zero-order chi connectivity index (χ0) is 47.6. The van der Waals surface area contributed by atoms with Crippen molar-refractivity contribution in [2.75, 3.05) is 65.1 Å². The van der Waals surface area contributed by atoms with Crippen LogP contribution in [0.1, 0.15) is 91.9 Å². The normalized spacial score (nSPS) is 36.5. The van der Waals surface area contributed by atoms with Crippen LogP contribution in [0.3, 0.4) is 0 Å². The fraction of sp³-hybridized carbons (Fsp3) is 0.700. The molecule has 15 heteroatoms. The number of oxime groups is 1. The molecule has 3 saturated heterocycles. The summed E-state index contributed by atoms with van der Waals surface area (Å²) in [5.74, 6) is -4.09. The quantitative estimate of drug-likeness (QED) is 0.0982. The lowest BCUT2D eigenvalue weighted by Crippen LogP contribution is -2.60. The first-order valence-corrected chi connectivity index (χ1v) is 23.6. The molecule has 14 atom stereocenters. The molecule has 2 aromatic rings. The summed E-state index contributed by atoms with van der Waals surface area (Å²) in [5.41, 5.74) is -1.53. The zero-order valence-electron chi connectivity index (χ0n) is 40.7. The Bertz CT molecular complexity index is 1810. The molecule has 3 unspecified atom stereocenters. The molecule has 3 aliphatic rings. The Kier molecular flexibility index (Phi) is 18.8. The number of aliphatic hydroxyl groups is 3. The number of piperazine rings is 1. The third-order valence-electron chi connectivity index (χ3n) is 14.3. The fourth-order valence-electron chi connectivity index (χ4n) is 9.90. The van der Waals surface area contributed by atoms with Crippen molar-refractivity contribution in [3.63, 3.8) is 0 Å². The van der Waals surface area contributed by atoms with Gasteiger partial charge in [-0.2, -0.15) is 0 Å². The van der Waals surface area contributed by atoms with Crippen LogP contribution in [0.2, 0.25) is 0 Å². The summed E-state index contributed by atoms with van der Waals surface area (Å²) in [4.78, 5) is 40.1. The number of nitrogens with zero attached hydrogens (tertiary/aromatic N) is 4. The topological polar surface area (TPSA) is 172 Å². The Morgan fingerprint density at radius 2 is 1.54 bits per heavy atom. The summed E-state index contributed by atoms with van der Waals surface area (Å²) in [6.07, 6.45) is -4.89. The van der Waals surface area contributed by atoms with E-state index in [0.717, 1.165) is 32.7 Å². The number of cyclic esters (lactones) is 1. The summed E-state index contributed by atoms with van der Waals surface area (Å²) in [7, 11) is 3.83. The van der Waals surface area contributed by atoms with Gasteiger partial charge in [0.1, 0.15) is 11.7 Å². The van der Waals surface area contributed by atoms with Gasteiger partial charge in [0.2, 0.25) is 6.79 Å². The molecular formula is C50H78N4O11. The summed E-state index contributed by atoms with van der Waals surface area (Å²) < 4.78 is 31.6. The summed E-state index contributed by atoms with van der Waals surface area (Å²) in [6.45, 7) is 20.7. The Labute approximate surface area is 387 Å². The van der Waals surface area contributed by atoms with Gasteiger partial charge in [-0.1, -0.05) is 83.1 Å². The van der Waals surface area contributed by atoms with Gasteiger partial charge in [0.05, 0.1) is 53.8 Å². The molecule has 3 fully saturated rings. The van der Waals surface area contributed by atoms with Gasteiger partial charge in [0, 0.05) is 50.2 Å². The van der Waals surface area contributed by atoms with Crippen LogP contribution in [0.5, 0.6) is 0 Å². The van der Waals surface area contributed by atoms with Crippen molar-refractivity contribution in [3.8, 4) is 0 Å². The molecule has 15 nitrogen and oxygen atoms in total. The highest BCUT2D eigenvalue weighted by atomic mass is 16.7. The van der Waals surface area contributed by atoms with Crippen LogP contribution >= 0.6 is 0 Å². The summed E-state index contributed by atoms with van der Waals surface area (Å²) >= 11 is 0. The third-order valence-corrected chi connectivity index (χ3v) is 14.3. The van der Waals surface area contributed by atoms with Crippen molar-refractivity contribution in [1.82, 2.24) is 9.80 Å². The van der Waals surface area contributed by atoms with Crippen molar-refractivity contribution in [2.45, 2.75) is 136 Å². The van der Waals surface area contributed by atoms with E-state index in [-0.39, 0.29) is 31.8 Å². The number of ether oxygens (including phenoxy) is 5. The highest BCUT2D eigenvalue weighted by Gasteiger charge is 2.51. The Morgan fingerprint density at radius 1 is 0.908 bits per heavy atom. The minimum atomic E-state index is -1.87. The third kappa shape index (κ3) is 13.3. The van der Waals surface area contributed by atoms with E-state index in [1.165, 1.54) is 12.6 Å². The molecule has 5 rings (SSSR count). The van der Waals surface area contributed by atoms with E-state index >= 15 is 0 Å². The van der Waals surface area contributed by atoms with E-state index in [9.17, 15) is 24.9 Å². The van der Waals surface area contributed by atoms with E-state index in [0.29, 0.717) is 24.3 Å².